The van der Waals surface area contributed by atoms with Gasteiger partial charge in [0.25, 0.3) is 0 Å². The van der Waals surface area contributed by atoms with Crippen LogP contribution >= 0.6 is 0 Å². The maximum absolute atomic E-state index is 12.7. The Bertz CT molecular complexity index is 806. The van der Waals surface area contributed by atoms with Crippen LogP contribution in [0.25, 0.3) is 0 Å². The Morgan fingerprint density at radius 3 is 3.00 bits per heavy atom. The lowest BCUT2D eigenvalue weighted by molar-refractivity contribution is 0.132. The molecule has 1 fully saturated rings. The molecule has 0 radical (unpaired) electrons. The van der Waals surface area contributed by atoms with Crippen molar-refractivity contribution in [3.05, 3.63) is 41.5 Å². The number of amides is 2. The first-order valence-corrected chi connectivity index (χ1v) is 10.4. The molecule has 2 aliphatic rings. The van der Waals surface area contributed by atoms with Gasteiger partial charge in [0.05, 0.1) is 0 Å². The summed E-state index contributed by atoms with van der Waals surface area (Å²) >= 11 is 0. The molecule has 0 spiro atoms. The third-order valence-electron chi connectivity index (χ3n) is 5.68. The fourth-order valence-electron chi connectivity index (χ4n) is 4.29. The van der Waals surface area contributed by atoms with E-state index in [9.17, 15) is 4.79 Å². The standard InChI is InChI=1S/C21H29N5O2/c1-16-23-20(28-24-16)19-11-4-5-15-26(19)21(27)22-12-7-14-25-13-6-9-17-8-2-3-10-18(17)25/h2-3,8,10,19H,4-7,9,11-15H2,1H3,(H,22,27)/t19-/m0/s1. The molecule has 0 aliphatic carbocycles. The van der Waals surface area contributed by atoms with Gasteiger partial charge in [0, 0.05) is 31.9 Å². The zero-order valence-electron chi connectivity index (χ0n) is 16.6. The van der Waals surface area contributed by atoms with Gasteiger partial charge in [-0.1, -0.05) is 23.4 Å². The molecule has 7 nitrogen and oxygen atoms in total. The Kier molecular flexibility index (Phi) is 5.78. The van der Waals surface area contributed by atoms with Gasteiger partial charge in [-0.15, -0.1) is 0 Å². The molecule has 1 atom stereocenters. The second-order valence-corrected chi connectivity index (χ2v) is 7.69. The van der Waals surface area contributed by atoms with Crippen molar-refractivity contribution in [1.82, 2.24) is 20.4 Å². The second kappa shape index (κ2) is 8.63. The van der Waals surface area contributed by atoms with Crippen LogP contribution in [0.1, 0.15) is 55.4 Å². The number of hydrogen-bond acceptors (Lipinski definition) is 5. The highest BCUT2D eigenvalue weighted by Gasteiger charge is 2.31. The van der Waals surface area contributed by atoms with Gasteiger partial charge in [-0.2, -0.15) is 4.98 Å². The quantitative estimate of drug-likeness (QED) is 0.801. The SMILES string of the molecule is Cc1noc([C@@H]2CCCCN2C(=O)NCCCN2CCCc3ccccc32)n1. The number of aryl methyl sites for hydroxylation is 2. The van der Waals surface area contributed by atoms with Crippen molar-refractivity contribution in [3.8, 4) is 0 Å². The molecule has 28 heavy (non-hydrogen) atoms. The van der Waals surface area contributed by atoms with Crippen molar-refractivity contribution in [2.75, 3.05) is 31.1 Å². The number of aromatic nitrogens is 2. The summed E-state index contributed by atoms with van der Waals surface area (Å²) in [5.41, 5.74) is 2.78. The summed E-state index contributed by atoms with van der Waals surface area (Å²) in [5.74, 6) is 1.17. The van der Waals surface area contributed by atoms with E-state index in [4.69, 9.17) is 4.52 Å². The highest BCUT2D eigenvalue weighted by atomic mass is 16.5. The summed E-state index contributed by atoms with van der Waals surface area (Å²) in [6.07, 6.45) is 6.25. The third kappa shape index (κ3) is 4.13. The molecule has 1 aromatic carbocycles. The van der Waals surface area contributed by atoms with Crippen LogP contribution in [0.15, 0.2) is 28.8 Å². The van der Waals surface area contributed by atoms with Crippen LogP contribution in [0.3, 0.4) is 0 Å². The number of para-hydroxylation sites is 1. The Balaban J connectivity index is 1.28. The molecule has 0 bridgehead atoms. The predicted molar refractivity (Wildman–Crippen MR) is 107 cm³/mol. The largest absolute Gasteiger partial charge is 0.371 e. The van der Waals surface area contributed by atoms with Gasteiger partial charge in [0.2, 0.25) is 5.89 Å². The number of anilines is 1. The molecule has 7 heteroatoms. The Morgan fingerprint density at radius 2 is 2.14 bits per heavy atom. The van der Waals surface area contributed by atoms with Crippen LogP contribution in [-0.4, -0.2) is 47.3 Å². The van der Waals surface area contributed by atoms with E-state index >= 15 is 0 Å². The number of benzene rings is 1. The van der Waals surface area contributed by atoms with E-state index in [0.29, 0.717) is 18.3 Å². The number of hydrogen-bond donors (Lipinski definition) is 1. The van der Waals surface area contributed by atoms with Crippen molar-refractivity contribution in [3.63, 3.8) is 0 Å². The van der Waals surface area contributed by atoms with E-state index in [-0.39, 0.29) is 12.1 Å². The van der Waals surface area contributed by atoms with E-state index < -0.39 is 0 Å². The van der Waals surface area contributed by atoms with Crippen molar-refractivity contribution >= 4 is 11.7 Å². The summed E-state index contributed by atoms with van der Waals surface area (Å²) in [6.45, 7) is 5.26. The lowest BCUT2D eigenvalue weighted by Crippen LogP contribution is -2.45. The van der Waals surface area contributed by atoms with Crippen LogP contribution in [0.2, 0.25) is 0 Å². The number of carbonyl (C=O) groups excluding carboxylic acids is 1. The van der Waals surface area contributed by atoms with E-state index in [2.05, 4.69) is 44.6 Å². The van der Waals surface area contributed by atoms with Crippen molar-refractivity contribution in [2.24, 2.45) is 0 Å². The Morgan fingerprint density at radius 1 is 1.25 bits per heavy atom. The number of fused-ring (bicyclic) bond motifs is 1. The minimum atomic E-state index is -0.107. The smallest absolute Gasteiger partial charge is 0.318 e. The summed E-state index contributed by atoms with van der Waals surface area (Å²) in [4.78, 5) is 21.4. The predicted octanol–water partition coefficient (Wildman–Crippen LogP) is 3.46. The monoisotopic (exact) mass is 383 g/mol. The van der Waals surface area contributed by atoms with Gasteiger partial charge in [-0.25, -0.2) is 4.79 Å². The van der Waals surface area contributed by atoms with Crippen LogP contribution in [0.4, 0.5) is 10.5 Å². The minimum absolute atomic E-state index is 0.0282. The summed E-state index contributed by atoms with van der Waals surface area (Å²) < 4.78 is 5.33. The van der Waals surface area contributed by atoms with Gasteiger partial charge >= 0.3 is 6.03 Å². The average molecular weight is 383 g/mol. The van der Waals surface area contributed by atoms with Gasteiger partial charge in [0.15, 0.2) is 5.82 Å². The molecule has 1 saturated heterocycles. The number of urea groups is 1. The number of carbonyl (C=O) groups is 1. The zero-order valence-corrected chi connectivity index (χ0v) is 16.6. The first kappa shape index (κ1) is 18.8. The minimum Gasteiger partial charge on any atom is -0.371 e. The van der Waals surface area contributed by atoms with Crippen LogP contribution < -0.4 is 10.2 Å². The van der Waals surface area contributed by atoms with Crippen LogP contribution in [-0.2, 0) is 6.42 Å². The molecular formula is C21H29N5O2. The molecule has 2 amide bonds. The normalized spacial score (nSPS) is 19.4. The molecule has 0 unspecified atom stereocenters. The second-order valence-electron chi connectivity index (χ2n) is 7.69. The Labute approximate surface area is 166 Å². The molecule has 150 valence electrons. The Hall–Kier alpha value is -2.57. The molecule has 2 aromatic rings. The highest BCUT2D eigenvalue weighted by molar-refractivity contribution is 5.74. The summed E-state index contributed by atoms with van der Waals surface area (Å²) in [6, 6.07) is 8.51. The molecule has 2 aliphatic heterocycles. The first-order chi connectivity index (χ1) is 13.7. The highest BCUT2D eigenvalue weighted by Crippen LogP contribution is 2.30. The number of piperidine rings is 1. The molecular weight excluding hydrogens is 354 g/mol. The number of nitrogens with zero attached hydrogens (tertiary/aromatic N) is 4. The fraction of sp³-hybridized carbons (Fsp3) is 0.571. The number of likely N-dealkylation sites (tertiary alicyclic amines) is 1. The van der Waals surface area contributed by atoms with E-state index in [1.807, 2.05) is 4.90 Å². The van der Waals surface area contributed by atoms with Crippen molar-refractivity contribution in [1.29, 1.82) is 0 Å². The molecule has 4 rings (SSSR count). The molecule has 3 heterocycles. The van der Waals surface area contributed by atoms with Gasteiger partial charge in [-0.3, -0.25) is 0 Å². The lowest BCUT2D eigenvalue weighted by Gasteiger charge is -2.34. The van der Waals surface area contributed by atoms with Gasteiger partial charge < -0.3 is 19.6 Å². The van der Waals surface area contributed by atoms with Gasteiger partial charge in [-0.05, 0) is 57.1 Å². The lowest BCUT2D eigenvalue weighted by atomic mass is 10.0. The molecule has 1 aromatic heterocycles. The average Bonchev–Trinajstić information content (AvgIpc) is 3.17. The maximum atomic E-state index is 12.7. The first-order valence-electron chi connectivity index (χ1n) is 10.4. The number of nitrogens with one attached hydrogen (secondary N) is 1. The maximum Gasteiger partial charge on any atom is 0.318 e. The molecule has 1 N–H and O–H groups in total. The van der Waals surface area contributed by atoms with Gasteiger partial charge in [0.1, 0.15) is 6.04 Å². The van der Waals surface area contributed by atoms with Crippen molar-refractivity contribution in [2.45, 2.75) is 51.5 Å². The zero-order chi connectivity index (χ0) is 19.3. The molecule has 0 saturated carbocycles. The third-order valence-corrected chi connectivity index (χ3v) is 5.68. The summed E-state index contributed by atoms with van der Waals surface area (Å²) in [5, 5.41) is 6.97. The van der Waals surface area contributed by atoms with Crippen LogP contribution in [0, 0.1) is 6.92 Å². The van der Waals surface area contributed by atoms with Crippen molar-refractivity contribution < 1.29 is 9.32 Å². The van der Waals surface area contributed by atoms with E-state index in [1.165, 1.54) is 17.7 Å². The number of rotatable bonds is 5. The summed E-state index contributed by atoms with van der Waals surface area (Å²) in [7, 11) is 0. The topological polar surface area (TPSA) is 74.5 Å². The van der Waals surface area contributed by atoms with E-state index in [0.717, 1.165) is 51.7 Å². The van der Waals surface area contributed by atoms with E-state index in [1.54, 1.807) is 6.92 Å². The van der Waals surface area contributed by atoms with Crippen LogP contribution in [0.5, 0.6) is 0 Å². The fourth-order valence-corrected chi connectivity index (χ4v) is 4.29.